The first-order valence-electron chi connectivity index (χ1n) is 8.42. The van der Waals surface area contributed by atoms with Gasteiger partial charge < -0.3 is 16.0 Å². The maximum atomic E-state index is 8.59. The van der Waals surface area contributed by atoms with Crippen LogP contribution in [0.1, 0.15) is 31.2 Å². The van der Waals surface area contributed by atoms with Crippen LogP contribution in [0.15, 0.2) is 41.7 Å². The number of para-hydroxylation sites is 1. The van der Waals surface area contributed by atoms with Crippen LogP contribution in [0.5, 0.6) is 0 Å². The minimum absolute atomic E-state index is 0.341. The monoisotopic (exact) mass is 352 g/mol. The van der Waals surface area contributed by atoms with Gasteiger partial charge in [0, 0.05) is 28.0 Å². The van der Waals surface area contributed by atoms with E-state index >= 15 is 0 Å². The van der Waals surface area contributed by atoms with Crippen LogP contribution in [0.2, 0.25) is 0 Å². The van der Waals surface area contributed by atoms with Crippen LogP contribution in [0.4, 0.5) is 11.6 Å². The number of nitrogen functional groups attached to an aromatic ring is 1. The molecule has 0 radical (unpaired) electrons. The molecule has 1 saturated carbocycles. The van der Waals surface area contributed by atoms with Crippen LogP contribution in [-0.2, 0) is 0 Å². The molecule has 0 aliphatic heterocycles. The van der Waals surface area contributed by atoms with Gasteiger partial charge in [0.25, 0.3) is 0 Å². The van der Waals surface area contributed by atoms with Crippen molar-refractivity contribution < 1.29 is 0 Å². The Hall–Kier alpha value is -2.54. The second-order valence-corrected chi connectivity index (χ2v) is 7.29. The lowest BCUT2D eigenvalue weighted by molar-refractivity contribution is 0.749. The van der Waals surface area contributed by atoms with Gasteiger partial charge in [-0.1, -0.05) is 42.8 Å². The highest BCUT2D eigenvalue weighted by Crippen LogP contribution is 2.33. The van der Waals surface area contributed by atoms with Gasteiger partial charge in [-0.15, -0.1) is 0 Å². The molecule has 1 fully saturated rings. The van der Waals surface area contributed by atoms with Crippen molar-refractivity contribution in [3.8, 4) is 0 Å². The van der Waals surface area contributed by atoms with Crippen LogP contribution in [0.25, 0.3) is 10.9 Å². The highest BCUT2D eigenvalue weighted by molar-refractivity contribution is 8.14. The summed E-state index contributed by atoms with van der Waals surface area (Å²) in [5.41, 5.74) is 7.73. The fraction of sp³-hybridized carbons (Fsp3) is 0.278. The predicted octanol–water partition coefficient (Wildman–Crippen LogP) is 4.01. The molecule has 0 atom stereocenters. The maximum Gasteiger partial charge on any atom is 0.141 e. The molecule has 4 rings (SSSR count). The summed E-state index contributed by atoms with van der Waals surface area (Å²) in [6.45, 7) is 0. The van der Waals surface area contributed by atoms with E-state index in [1.165, 1.54) is 30.9 Å². The summed E-state index contributed by atoms with van der Waals surface area (Å²) in [4.78, 5) is 12.7. The van der Waals surface area contributed by atoms with Crippen molar-refractivity contribution in [2.45, 2.75) is 36.6 Å². The number of fused-ring (bicyclic) bond motifs is 1. The minimum Gasteiger partial charge on any atom is -0.383 e. The Kier molecular flexibility index (Phi) is 4.31. The van der Waals surface area contributed by atoms with E-state index in [9.17, 15) is 0 Å². The van der Waals surface area contributed by atoms with Crippen LogP contribution in [-0.4, -0.2) is 26.0 Å². The van der Waals surface area contributed by atoms with Gasteiger partial charge in [-0.2, -0.15) is 0 Å². The fourth-order valence-corrected chi connectivity index (χ4v) is 4.22. The molecule has 0 bridgehead atoms. The van der Waals surface area contributed by atoms with Gasteiger partial charge in [0.1, 0.15) is 23.0 Å². The largest absolute Gasteiger partial charge is 0.383 e. The van der Waals surface area contributed by atoms with Crippen molar-refractivity contribution in [3.05, 3.63) is 42.4 Å². The van der Waals surface area contributed by atoms with Crippen molar-refractivity contribution in [3.63, 3.8) is 0 Å². The zero-order valence-electron chi connectivity index (χ0n) is 13.7. The van der Waals surface area contributed by atoms with E-state index in [1.54, 1.807) is 0 Å². The molecule has 0 unspecified atom stereocenters. The third-order valence-electron chi connectivity index (χ3n) is 4.56. The molecule has 0 saturated heterocycles. The van der Waals surface area contributed by atoms with Gasteiger partial charge in [0.15, 0.2) is 0 Å². The summed E-state index contributed by atoms with van der Waals surface area (Å²) in [7, 11) is 0. The van der Waals surface area contributed by atoms with E-state index in [4.69, 9.17) is 11.1 Å². The lowest BCUT2D eigenvalue weighted by Gasteiger charge is -2.17. The van der Waals surface area contributed by atoms with Gasteiger partial charge >= 0.3 is 0 Å². The van der Waals surface area contributed by atoms with Crippen molar-refractivity contribution in [2.75, 3.05) is 11.1 Å². The normalized spacial score (nSPS) is 14.9. The molecule has 1 aliphatic rings. The molecular formula is C18H20N6S. The molecule has 0 amide bonds. The van der Waals surface area contributed by atoms with E-state index in [0.29, 0.717) is 28.3 Å². The van der Waals surface area contributed by atoms with Crippen LogP contribution in [0.3, 0.4) is 0 Å². The summed E-state index contributed by atoms with van der Waals surface area (Å²) in [6, 6.07) is 8.46. The average molecular weight is 352 g/mol. The van der Waals surface area contributed by atoms with E-state index in [-0.39, 0.29) is 0 Å². The zero-order valence-corrected chi connectivity index (χ0v) is 14.6. The molecule has 1 aliphatic carbocycles. The second kappa shape index (κ2) is 6.76. The maximum absolute atomic E-state index is 8.59. The molecule has 3 aromatic rings. The number of hydrogen-bond acceptors (Lipinski definition) is 6. The summed E-state index contributed by atoms with van der Waals surface area (Å²) in [5.74, 6) is 1.00. The highest BCUT2D eigenvalue weighted by Gasteiger charge is 2.21. The number of nitrogens with one attached hydrogen (secondary N) is 3. The Balaban J connectivity index is 1.63. The predicted molar refractivity (Wildman–Crippen MR) is 103 cm³/mol. The number of thioether (sulfide) groups is 1. The molecule has 2 heterocycles. The van der Waals surface area contributed by atoms with Gasteiger partial charge in [-0.05, 0) is 18.9 Å². The Labute approximate surface area is 150 Å². The molecule has 0 spiro atoms. The summed E-state index contributed by atoms with van der Waals surface area (Å²) in [5, 5.41) is 13.5. The van der Waals surface area contributed by atoms with Crippen LogP contribution in [0, 0.1) is 5.41 Å². The number of anilines is 2. The van der Waals surface area contributed by atoms with Gasteiger partial charge in [0.05, 0.1) is 5.56 Å². The highest BCUT2D eigenvalue weighted by atomic mass is 32.2. The Morgan fingerprint density at radius 1 is 1.24 bits per heavy atom. The minimum atomic E-state index is 0.341. The number of benzene rings is 1. The molecule has 5 N–H and O–H groups in total. The van der Waals surface area contributed by atoms with Gasteiger partial charge in [-0.25, -0.2) is 9.97 Å². The van der Waals surface area contributed by atoms with Gasteiger partial charge in [-0.3, -0.25) is 5.41 Å². The first-order valence-corrected chi connectivity index (χ1v) is 9.24. The summed E-state index contributed by atoms with van der Waals surface area (Å²) >= 11 is 1.37. The van der Waals surface area contributed by atoms with Crippen LogP contribution >= 0.6 is 11.8 Å². The topological polar surface area (TPSA) is 103 Å². The fourth-order valence-electron chi connectivity index (χ4n) is 3.29. The van der Waals surface area contributed by atoms with Crippen molar-refractivity contribution in [1.29, 1.82) is 5.41 Å². The molecule has 1 aromatic carbocycles. The smallest absolute Gasteiger partial charge is 0.141 e. The van der Waals surface area contributed by atoms with Crippen LogP contribution < -0.4 is 11.1 Å². The standard InChI is InChI=1S/C18H20N6S/c19-16-15(18(23-10-22-16)24-11-5-1-2-6-11)17(20)25-14-9-21-13-8-4-3-7-12(13)14/h3-4,7-11,20-21H,1-2,5-6H2,(H3,19,22,23,24). The number of rotatable bonds is 4. The second-order valence-electron chi connectivity index (χ2n) is 6.24. The molecule has 25 heavy (non-hydrogen) atoms. The molecule has 128 valence electrons. The molecular weight excluding hydrogens is 332 g/mol. The quantitative estimate of drug-likeness (QED) is 0.323. The van der Waals surface area contributed by atoms with Gasteiger partial charge in [0.2, 0.25) is 0 Å². The summed E-state index contributed by atoms with van der Waals surface area (Å²) < 4.78 is 0. The van der Waals surface area contributed by atoms with E-state index in [2.05, 4.69) is 20.3 Å². The number of aromatic amines is 1. The third kappa shape index (κ3) is 3.19. The molecule has 6 nitrogen and oxygen atoms in total. The van der Waals surface area contributed by atoms with Crippen molar-refractivity contribution >= 4 is 39.3 Å². The number of aromatic nitrogens is 3. The van der Waals surface area contributed by atoms with Crippen molar-refractivity contribution in [2.24, 2.45) is 0 Å². The number of H-pyrrole nitrogens is 1. The first-order chi connectivity index (χ1) is 12.2. The average Bonchev–Trinajstić information content (AvgIpc) is 3.25. The zero-order chi connectivity index (χ0) is 17.2. The summed E-state index contributed by atoms with van der Waals surface area (Å²) in [6.07, 6.45) is 8.11. The first kappa shape index (κ1) is 16.0. The van der Waals surface area contributed by atoms with Crippen molar-refractivity contribution in [1.82, 2.24) is 15.0 Å². The van der Waals surface area contributed by atoms with E-state index in [1.807, 2.05) is 30.5 Å². The Morgan fingerprint density at radius 2 is 2.04 bits per heavy atom. The Morgan fingerprint density at radius 3 is 2.88 bits per heavy atom. The molecule has 2 aromatic heterocycles. The third-order valence-corrected chi connectivity index (χ3v) is 5.53. The number of nitrogens with two attached hydrogens (primary N) is 1. The number of hydrogen-bond donors (Lipinski definition) is 4. The van der Waals surface area contributed by atoms with E-state index < -0.39 is 0 Å². The SMILES string of the molecule is N=C(Sc1c[nH]c2ccccc12)c1c(N)ncnc1NC1CCCC1. The lowest BCUT2D eigenvalue weighted by atomic mass is 10.2. The number of nitrogens with zero attached hydrogens (tertiary/aromatic N) is 2. The lowest BCUT2D eigenvalue weighted by Crippen LogP contribution is -2.19. The Bertz CT molecular complexity index is 913. The molecule has 7 heteroatoms. The van der Waals surface area contributed by atoms with E-state index in [0.717, 1.165) is 28.6 Å².